The monoisotopic (exact) mass is 244 g/mol. The lowest BCUT2D eigenvalue weighted by atomic mass is 10.1. The first-order valence-corrected chi connectivity index (χ1v) is 5.39. The van der Waals surface area contributed by atoms with Crippen LogP contribution >= 0.6 is 0 Å². The molecule has 0 spiro atoms. The van der Waals surface area contributed by atoms with Crippen LogP contribution in [0.15, 0.2) is 18.7 Å². The minimum atomic E-state index is -2.73. The molecule has 88 valence electrons. The third-order valence-corrected chi connectivity index (χ3v) is 2.41. The van der Waals surface area contributed by atoms with E-state index in [1.54, 1.807) is 6.92 Å². The molecule has 0 amide bonds. The van der Waals surface area contributed by atoms with Crippen LogP contribution in [0.4, 0.5) is 10.1 Å². The SMILES string of the molecule is C=Cc1cc(F)c(N(C)OS(=O)[O-])cc1C. The van der Waals surface area contributed by atoms with Gasteiger partial charge in [0.05, 0.1) is 0 Å². The Hall–Kier alpha value is -1.24. The summed E-state index contributed by atoms with van der Waals surface area (Å²) < 4.78 is 38.5. The minimum absolute atomic E-state index is 0.0484. The topological polar surface area (TPSA) is 52.6 Å². The summed E-state index contributed by atoms with van der Waals surface area (Å²) in [5.41, 5.74) is 1.48. The molecule has 0 aliphatic rings. The molecule has 0 aliphatic carbocycles. The Kier molecular flexibility index (Phi) is 4.17. The van der Waals surface area contributed by atoms with Gasteiger partial charge >= 0.3 is 0 Å². The summed E-state index contributed by atoms with van der Waals surface area (Å²) in [6.07, 6.45) is 1.52. The summed E-state index contributed by atoms with van der Waals surface area (Å²) in [5, 5.41) is 0.846. The van der Waals surface area contributed by atoms with Gasteiger partial charge in [-0.15, -0.1) is 0 Å². The number of rotatable bonds is 4. The van der Waals surface area contributed by atoms with Gasteiger partial charge in [-0.1, -0.05) is 12.7 Å². The summed E-state index contributed by atoms with van der Waals surface area (Å²) in [6, 6.07) is 2.75. The maximum Gasteiger partial charge on any atom is 0.149 e. The Morgan fingerprint density at radius 1 is 1.62 bits per heavy atom. The van der Waals surface area contributed by atoms with E-state index in [9.17, 15) is 13.2 Å². The van der Waals surface area contributed by atoms with Crippen molar-refractivity contribution in [2.45, 2.75) is 6.92 Å². The summed E-state index contributed by atoms with van der Waals surface area (Å²) in [4.78, 5) is 0. The van der Waals surface area contributed by atoms with Crippen LogP contribution in [0.3, 0.4) is 0 Å². The molecule has 1 atom stereocenters. The van der Waals surface area contributed by atoms with Crippen LogP contribution in [-0.2, 0) is 15.6 Å². The van der Waals surface area contributed by atoms with Gasteiger partial charge in [-0.05, 0) is 30.2 Å². The molecule has 0 aromatic heterocycles. The smallest absolute Gasteiger partial charge is 0.149 e. The maximum absolute atomic E-state index is 13.5. The van der Waals surface area contributed by atoms with E-state index < -0.39 is 17.2 Å². The molecule has 0 saturated heterocycles. The second kappa shape index (κ2) is 5.20. The van der Waals surface area contributed by atoms with Crippen LogP contribution in [0, 0.1) is 12.7 Å². The van der Waals surface area contributed by atoms with Crippen molar-refractivity contribution in [3.8, 4) is 0 Å². The van der Waals surface area contributed by atoms with Gasteiger partial charge < -0.3 is 4.55 Å². The van der Waals surface area contributed by atoms with Crippen LogP contribution in [0.1, 0.15) is 11.1 Å². The van der Waals surface area contributed by atoms with Crippen LogP contribution < -0.4 is 5.06 Å². The molecule has 1 unspecified atom stereocenters. The molecular weight excluding hydrogens is 233 g/mol. The van der Waals surface area contributed by atoms with Gasteiger partial charge in [-0.2, -0.15) is 4.28 Å². The van der Waals surface area contributed by atoms with Crippen molar-refractivity contribution in [3.63, 3.8) is 0 Å². The van der Waals surface area contributed by atoms with Crippen molar-refractivity contribution in [3.05, 3.63) is 35.7 Å². The van der Waals surface area contributed by atoms with Crippen LogP contribution in [-0.4, -0.2) is 15.8 Å². The van der Waals surface area contributed by atoms with Crippen LogP contribution in [0.2, 0.25) is 0 Å². The zero-order chi connectivity index (χ0) is 12.3. The fourth-order valence-corrected chi connectivity index (χ4v) is 1.54. The molecule has 0 fully saturated rings. The Morgan fingerprint density at radius 2 is 2.25 bits per heavy atom. The fourth-order valence-electron chi connectivity index (χ4n) is 1.27. The second-order valence-electron chi connectivity index (χ2n) is 3.14. The zero-order valence-corrected chi connectivity index (χ0v) is 9.71. The summed E-state index contributed by atoms with van der Waals surface area (Å²) in [7, 11) is 1.31. The lowest BCUT2D eigenvalue weighted by Gasteiger charge is -2.20. The molecule has 1 rings (SSSR count). The first-order chi connectivity index (χ1) is 7.45. The van der Waals surface area contributed by atoms with Gasteiger partial charge in [0.2, 0.25) is 0 Å². The molecule has 16 heavy (non-hydrogen) atoms. The van der Waals surface area contributed by atoms with Crippen LogP contribution in [0.5, 0.6) is 0 Å². The number of hydroxylamine groups is 1. The third-order valence-electron chi connectivity index (χ3n) is 2.07. The lowest BCUT2D eigenvalue weighted by Crippen LogP contribution is -2.20. The number of nitrogens with zero attached hydrogens (tertiary/aromatic N) is 1. The number of halogens is 1. The van der Waals surface area contributed by atoms with E-state index in [0.717, 1.165) is 10.6 Å². The second-order valence-corrected chi connectivity index (χ2v) is 3.70. The number of hydrogen-bond acceptors (Lipinski definition) is 4. The van der Waals surface area contributed by atoms with Gasteiger partial charge in [0.15, 0.2) is 0 Å². The molecular formula is C10H11FNO3S-. The van der Waals surface area contributed by atoms with Gasteiger partial charge in [-0.25, -0.2) is 13.7 Å². The molecule has 0 radical (unpaired) electrons. The van der Waals surface area contributed by atoms with E-state index in [-0.39, 0.29) is 5.69 Å². The van der Waals surface area contributed by atoms with Crippen LogP contribution in [0.25, 0.3) is 6.08 Å². The molecule has 0 heterocycles. The molecule has 0 saturated carbocycles. The Morgan fingerprint density at radius 3 is 2.75 bits per heavy atom. The molecule has 0 aliphatic heterocycles. The quantitative estimate of drug-likeness (QED) is 0.600. The highest BCUT2D eigenvalue weighted by molar-refractivity contribution is 7.74. The highest BCUT2D eigenvalue weighted by atomic mass is 32.2. The fraction of sp³-hybridized carbons (Fsp3) is 0.200. The lowest BCUT2D eigenvalue weighted by molar-refractivity contribution is 0.286. The van der Waals surface area contributed by atoms with Crippen molar-refractivity contribution in [1.29, 1.82) is 0 Å². The molecule has 6 heteroatoms. The molecule has 1 aromatic rings. The van der Waals surface area contributed by atoms with Crippen molar-refractivity contribution in [2.24, 2.45) is 0 Å². The summed E-state index contributed by atoms with van der Waals surface area (Å²) in [5.74, 6) is -0.576. The van der Waals surface area contributed by atoms with Crippen molar-refractivity contribution >= 4 is 23.1 Å². The zero-order valence-electron chi connectivity index (χ0n) is 8.90. The van der Waals surface area contributed by atoms with E-state index in [4.69, 9.17) is 0 Å². The van der Waals surface area contributed by atoms with E-state index in [1.165, 1.54) is 25.3 Å². The summed E-state index contributed by atoms with van der Waals surface area (Å²) >= 11 is -2.73. The standard InChI is InChI=1S/C10H12FNO3S/c1-4-8-6-9(11)10(5-7(8)2)12(3)15-16(13)14/h4-6H,1H2,2-3H3,(H,13,14)/p-1. The van der Waals surface area contributed by atoms with Gasteiger partial charge in [0.1, 0.15) is 22.9 Å². The first kappa shape index (κ1) is 12.8. The number of hydrogen-bond donors (Lipinski definition) is 0. The Bertz CT molecular complexity index is 436. The third kappa shape index (κ3) is 2.88. The van der Waals surface area contributed by atoms with Crippen molar-refractivity contribution < 1.29 is 17.4 Å². The largest absolute Gasteiger partial charge is 0.748 e. The molecule has 0 bridgehead atoms. The minimum Gasteiger partial charge on any atom is -0.748 e. The average Bonchev–Trinajstić information content (AvgIpc) is 2.19. The number of aryl methyl sites for hydroxylation is 1. The van der Waals surface area contributed by atoms with E-state index in [0.29, 0.717) is 5.56 Å². The molecule has 1 aromatic carbocycles. The van der Waals surface area contributed by atoms with Gasteiger partial charge in [0, 0.05) is 7.05 Å². The predicted octanol–water partition coefficient (Wildman–Crippen LogP) is 1.94. The van der Waals surface area contributed by atoms with E-state index >= 15 is 0 Å². The maximum atomic E-state index is 13.5. The predicted molar refractivity (Wildman–Crippen MR) is 59.6 cm³/mol. The highest BCUT2D eigenvalue weighted by Gasteiger charge is 2.11. The van der Waals surface area contributed by atoms with Crippen molar-refractivity contribution in [1.82, 2.24) is 0 Å². The molecule has 4 nitrogen and oxygen atoms in total. The Balaban J connectivity index is 3.10. The highest BCUT2D eigenvalue weighted by Crippen LogP contribution is 2.23. The Labute approximate surface area is 95.8 Å². The van der Waals surface area contributed by atoms with Gasteiger partial charge in [0.25, 0.3) is 0 Å². The normalized spacial score (nSPS) is 12.2. The average molecular weight is 244 g/mol. The van der Waals surface area contributed by atoms with E-state index in [2.05, 4.69) is 10.9 Å². The molecule has 0 N–H and O–H groups in total. The summed E-state index contributed by atoms with van der Waals surface area (Å²) in [6.45, 7) is 5.31. The first-order valence-electron chi connectivity index (χ1n) is 4.39. The number of anilines is 1. The van der Waals surface area contributed by atoms with Crippen molar-refractivity contribution in [2.75, 3.05) is 12.1 Å². The number of benzene rings is 1. The van der Waals surface area contributed by atoms with E-state index in [1.807, 2.05) is 0 Å². The van der Waals surface area contributed by atoms with Gasteiger partial charge in [-0.3, -0.25) is 0 Å².